The summed E-state index contributed by atoms with van der Waals surface area (Å²) in [4.78, 5) is 2.35. The molecule has 1 fully saturated rings. The highest BCUT2D eigenvalue weighted by atomic mass is 15.2. The van der Waals surface area contributed by atoms with Crippen molar-refractivity contribution in [2.75, 3.05) is 42.1 Å². The molecule has 4 heteroatoms. The van der Waals surface area contributed by atoms with Crippen molar-refractivity contribution in [1.82, 2.24) is 5.32 Å². The number of anilines is 3. The number of nitrogen functional groups attached to an aromatic ring is 1. The minimum atomic E-state index is 0.788. The fraction of sp³-hybridized carbons (Fsp3) is 0.294. The Balaban J connectivity index is 1.73. The van der Waals surface area contributed by atoms with Crippen LogP contribution in [-0.2, 0) is 6.54 Å². The van der Waals surface area contributed by atoms with Gasteiger partial charge in [0, 0.05) is 32.7 Å². The zero-order valence-corrected chi connectivity index (χ0v) is 12.2. The smallest absolute Gasteiger partial charge is 0.0787 e. The van der Waals surface area contributed by atoms with Crippen molar-refractivity contribution in [2.45, 2.75) is 6.54 Å². The van der Waals surface area contributed by atoms with Gasteiger partial charge in [-0.1, -0.05) is 36.4 Å². The number of nitrogens with two attached hydrogens (primary N) is 1. The van der Waals surface area contributed by atoms with Crippen LogP contribution in [0.4, 0.5) is 17.1 Å². The highest BCUT2D eigenvalue weighted by molar-refractivity contribution is 5.81. The summed E-state index contributed by atoms with van der Waals surface area (Å²) in [5, 5.41) is 6.81. The van der Waals surface area contributed by atoms with Crippen molar-refractivity contribution in [2.24, 2.45) is 0 Å². The van der Waals surface area contributed by atoms with Gasteiger partial charge in [-0.3, -0.25) is 0 Å². The zero-order chi connectivity index (χ0) is 14.5. The number of para-hydroxylation sites is 1. The molecule has 110 valence electrons. The van der Waals surface area contributed by atoms with Gasteiger partial charge in [-0.2, -0.15) is 0 Å². The van der Waals surface area contributed by atoms with Crippen LogP contribution >= 0.6 is 0 Å². The number of benzene rings is 2. The molecule has 0 bridgehead atoms. The number of hydrogen-bond acceptors (Lipinski definition) is 4. The Hall–Kier alpha value is -2.20. The van der Waals surface area contributed by atoms with E-state index in [4.69, 9.17) is 5.73 Å². The predicted molar refractivity (Wildman–Crippen MR) is 89.7 cm³/mol. The fourth-order valence-corrected chi connectivity index (χ4v) is 2.68. The summed E-state index contributed by atoms with van der Waals surface area (Å²) in [6.45, 7) is 4.83. The van der Waals surface area contributed by atoms with E-state index in [0.29, 0.717) is 0 Å². The summed E-state index contributed by atoms with van der Waals surface area (Å²) in [5.41, 5.74) is 10.6. The molecular weight excluding hydrogens is 260 g/mol. The van der Waals surface area contributed by atoms with Crippen LogP contribution in [0.15, 0.2) is 48.5 Å². The van der Waals surface area contributed by atoms with E-state index in [1.54, 1.807) is 0 Å². The van der Waals surface area contributed by atoms with Gasteiger partial charge in [0.25, 0.3) is 0 Å². The number of nitrogens with zero attached hydrogens (tertiary/aromatic N) is 1. The standard InChI is InChI=1S/C17H22N4/c18-17-15(20-13-14-5-2-1-3-6-14)7-4-8-16(17)21-11-9-19-10-12-21/h1-8,19-20H,9-13,18H2. The molecule has 4 nitrogen and oxygen atoms in total. The summed E-state index contributed by atoms with van der Waals surface area (Å²) < 4.78 is 0. The Morgan fingerprint density at radius 2 is 1.76 bits per heavy atom. The van der Waals surface area contributed by atoms with E-state index in [9.17, 15) is 0 Å². The van der Waals surface area contributed by atoms with Crippen LogP contribution in [0, 0.1) is 0 Å². The van der Waals surface area contributed by atoms with Crippen molar-refractivity contribution in [3.05, 3.63) is 54.1 Å². The van der Waals surface area contributed by atoms with E-state index < -0.39 is 0 Å². The summed E-state index contributed by atoms with van der Waals surface area (Å²) in [7, 11) is 0. The van der Waals surface area contributed by atoms with Crippen LogP contribution in [0.1, 0.15) is 5.56 Å². The summed E-state index contributed by atoms with van der Waals surface area (Å²) in [6, 6.07) is 16.6. The van der Waals surface area contributed by atoms with E-state index in [-0.39, 0.29) is 0 Å². The van der Waals surface area contributed by atoms with Crippen LogP contribution in [0.2, 0.25) is 0 Å². The molecule has 4 N–H and O–H groups in total. The first-order chi connectivity index (χ1) is 10.3. The molecule has 1 aliphatic heterocycles. The quantitative estimate of drug-likeness (QED) is 0.753. The van der Waals surface area contributed by atoms with Crippen molar-refractivity contribution in [3.8, 4) is 0 Å². The molecular formula is C17H22N4. The molecule has 2 aromatic carbocycles. The van der Waals surface area contributed by atoms with E-state index in [1.807, 2.05) is 12.1 Å². The molecule has 3 rings (SSSR count). The van der Waals surface area contributed by atoms with E-state index in [0.717, 1.165) is 49.8 Å². The highest BCUT2D eigenvalue weighted by Crippen LogP contribution is 2.30. The lowest BCUT2D eigenvalue weighted by Crippen LogP contribution is -2.43. The maximum Gasteiger partial charge on any atom is 0.0787 e. The second-order valence-electron chi connectivity index (χ2n) is 5.31. The maximum atomic E-state index is 6.35. The topological polar surface area (TPSA) is 53.3 Å². The van der Waals surface area contributed by atoms with Gasteiger partial charge in [-0.25, -0.2) is 0 Å². The Morgan fingerprint density at radius 3 is 2.52 bits per heavy atom. The molecule has 21 heavy (non-hydrogen) atoms. The lowest BCUT2D eigenvalue weighted by molar-refractivity contribution is 0.590. The van der Waals surface area contributed by atoms with Crippen LogP contribution in [0.5, 0.6) is 0 Å². The number of hydrogen-bond donors (Lipinski definition) is 3. The highest BCUT2D eigenvalue weighted by Gasteiger charge is 2.14. The Bertz CT molecular complexity index is 577. The van der Waals surface area contributed by atoms with Crippen LogP contribution in [0.25, 0.3) is 0 Å². The minimum absolute atomic E-state index is 0.788. The van der Waals surface area contributed by atoms with Crippen molar-refractivity contribution in [3.63, 3.8) is 0 Å². The molecule has 0 aliphatic carbocycles. The first-order valence-electron chi connectivity index (χ1n) is 7.46. The van der Waals surface area contributed by atoms with Crippen molar-refractivity contribution < 1.29 is 0 Å². The third-order valence-corrected chi connectivity index (χ3v) is 3.87. The monoisotopic (exact) mass is 282 g/mol. The molecule has 0 amide bonds. The number of rotatable bonds is 4. The second kappa shape index (κ2) is 6.50. The first-order valence-corrected chi connectivity index (χ1v) is 7.46. The lowest BCUT2D eigenvalue weighted by atomic mass is 10.1. The Kier molecular flexibility index (Phi) is 4.26. The van der Waals surface area contributed by atoms with Crippen LogP contribution in [-0.4, -0.2) is 26.2 Å². The molecule has 2 aromatic rings. The number of nitrogens with one attached hydrogen (secondary N) is 2. The van der Waals surface area contributed by atoms with Gasteiger partial charge in [-0.05, 0) is 17.7 Å². The van der Waals surface area contributed by atoms with Crippen molar-refractivity contribution >= 4 is 17.1 Å². The average Bonchev–Trinajstić information content (AvgIpc) is 2.56. The van der Waals surface area contributed by atoms with E-state index in [1.165, 1.54) is 5.56 Å². The molecule has 1 saturated heterocycles. The molecule has 0 atom stereocenters. The van der Waals surface area contributed by atoms with E-state index >= 15 is 0 Å². The third kappa shape index (κ3) is 3.28. The largest absolute Gasteiger partial charge is 0.395 e. The number of piperazine rings is 1. The molecule has 0 radical (unpaired) electrons. The van der Waals surface area contributed by atoms with Gasteiger partial charge in [-0.15, -0.1) is 0 Å². The SMILES string of the molecule is Nc1c(NCc2ccccc2)cccc1N1CCNCC1. The maximum absolute atomic E-state index is 6.35. The van der Waals surface area contributed by atoms with Gasteiger partial charge in [0.1, 0.15) is 0 Å². The van der Waals surface area contributed by atoms with E-state index in [2.05, 4.69) is 51.9 Å². The van der Waals surface area contributed by atoms with Gasteiger partial charge in [0.2, 0.25) is 0 Å². The fourth-order valence-electron chi connectivity index (χ4n) is 2.68. The van der Waals surface area contributed by atoms with Gasteiger partial charge in [0.05, 0.1) is 17.1 Å². The minimum Gasteiger partial charge on any atom is -0.395 e. The Labute approximate surface area is 126 Å². The van der Waals surface area contributed by atoms with Crippen LogP contribution in [0.3, 0.4) is 0 Å². The summed E-state index contributed by atoms with van der Waals surface area (Å²) in [5.74, 6) is 0. The molecule has 1 aliphatic rings. The molecule has 0 saturated carbocycles. The summed E-state index contributed by atoms with van der Waals surface area (Å²) in [6.07, 6.45) is 0. The normalized spacial score (nSPS) is 15.0. The molecule has 0 unspecified atom stereocenters. The van der Waals surface area contributed by atoms with Gasteiger partial charge in [0.15, 0.2) is 0 Å². The zero-order valence-electron chi connectivity index (χ0n) is 12.2. The molecule has 0 aromatic heterocycles. The molecule has 0 spiro atoms. The molecule has 1 heterocycles. The summed E-state index contributed by atoms with van der Waals surface area (Å²) >= 11 is 0. The lowest BCUT2D eigenvalue weighted by Gasteiger charge is -2.31. The van der Waals surface area contributed by atoms with Crippen molar-refractivity contribution in [1.29, 1.82) is 0 Å². The average molecular weight is 282 g/mol. The first kappa shape index (κ1) is 13.8. The van der Waals surface area contributed by atoms with Gasteiger partial charge < -0.3 is 21.3 Å². The Morgan fingerprint density at radius 1 is 1.00 bits per heavy atom. The second-order valence-corrected chi connectivity index (χ2v) is 5.31. The van der Waals surface area contributed by atoms with Crippen LogP contribution < -0.4 is 21.3 Å². The predicted octanol–water partition coefficient (Wildman–Crippen LogP) is 2.29. The van der Waals surface area contributed by atoms with Gasteiger partial charge >= 0.3 is 0 Å². The third-order valence-electron chi connectivity index (χ3n) is 3.87.